The topological polar surface area (TPSA) is 24.9 Å². The van der Waals surface area contributed by atoms with Crippen LogP contribution in [0, 0.1) is 12.7 Å². The van der Waals surface area contributed by atoms with Gasteiger partial charge >= 0.3 is 0 Å². The Morgan fingerprint density at radius 3 is 3.00 bits per heavy atom. The van der Waals surface area contributed by atoms with Crippen LogP contribution >= 0.6 is 11.3 Å². The van der Waals surface area contributed by atoms with E-state index in [4.69, 9.17) is 0 Å². The molecule has 0 radical (unpaired) electrons. The van der Waals surface area contributed by atoms with Gasteiger partial charge in [-0.25, -0.2) is 9.37 Å². The molecule has 0 aliphatic heterocycles. The summed E-state index contributed by atoms with van der Waals surface area (Å²) in [4.78, 5) is 3.92. The highest BCUT2D eigenvalue weighted by atomic mass is 32.1. The average molecular weight is 222 g/mol. The third-order valence-corrected chi connectivity index (χ3v) is 3.08. The molecule has 2 aromatic rings. The largest absolute Gasteiger partial charge is 0.364 e. The molecule has 0 saturated carbocycles. The van der Waals surface area contributed by atoms with Gasteiger partial charge in [-0.2, -0.15) is 11.3 Å². The van der Waals surface area contributed by atoms with E-state index in [0.29, 0.717) is 12.4 Å². The fraction of sp³-hybridized carbons (Fsp3) is 0.182. The molecule has 0 amide bonds. The van der Waals surface area contributed by atoms with Crippen molar-refractivity contribution >= 4 is 17.2 Å². The van der Waals surface area contributed by atoms with Crippen LogP contribution in [0.15, 0.2) is 29.1 Å². The van der Waals surface area contributed by atoms with Crippen LogP contribution in [-0.2, 0) is 6.54 Å². The van der Waals surface area contributed by atoms with Crippen molar-refractivity contribution < 1.29 is 4.39 Å². The number of aromatic nitrogens is 1. The fourth-order valence-electron chi connectivity index (χ4n) is 1.26. The molecule has 0 atom stereocenters. The van der Waals surface area contributed by atoms with Gasteiger partial charge in [-0.1, -0.05) is 0 Å². The van der Waals surface area contributed by atoms with E-state index >= 15 is 0 Å². The number of pyridine rings is 1. The lowest BCUT2D eigenvalue weighted by Crippen LogP contribution is -2.03. The Morgan fingerprint density at radius 1 is 1.47 bits per heavy atom. The van der Waals surface area contributed by atoms with E-state index in [9.17, 15) is 4.39 Å². The van der Waals surface area contributed by atoms with E-state index in [0.717, 1.165) is 0 Å². The SMILES string of the molecule is Cc1cscc1CNc1ncccc1F. The number of anilines is 1. The molecule has 1 N–H and O–H groups in total. The summed E-state index contributed by atoms with van der Waals surface area (Å²) >= 11 is 1.65. The minimum Gasteiger partial charge on any atom is -0.364 e. The zero-order valence-electron chi connectivity index (χ0n) is 8.33. The van der Waals surface area contributed by atoms with Gasteiger partial charge < -0.3 is 5.32 Å². The van der Waals surface area contributed by atoms with Crippen LogP contribution in [0.25, 0.3) is 0 Å². The van der Waals surface area contributed by atoms with Gasteiger partial charge in [-0.15, -0.1) is 0 Å². The van der Waals surface area contributed by atoms with Crippen LogP contribution in [0.1, 0.15) is 11.1 Å². The Morgan fingerprint density at radius 2 is 2.33 bits per heavy atom. The Kier molecular flexibility index (Phi) is 2.97. The lowest BCUT2D eigenvalue weighted by molar-refractivity contribution is 0.624. The summed E-state index contributed by atoms with van der Waals surface area (Å²) in [7, 11) is 0. The third-order valence-electron chi connectivity index (χ3n) is 2.17. The van der Waals surface area contributed by atoms with E-state index in [1.165, 1.54) is 17.2 Å². The van der Waals surface area contributed by atoms with Crippen molar-refractivity contribution in [1.29, 1.82) is 0 Å². The number of aryl methyl sites for hydroxylation is 1. The zero-order chi connectivity index (χ0) is 10.7. The zero-order valence-corrected chi connectivity index (χ0v) is 9.14. The second kappa shape index (κ2) is 4.40. The van der Waals surface area contributed by atoms with E-state index in [-0.39, 0.29) is 5.82 Å². The first-order valence-corrected chi connectivity index (χ1v) is 5.57. The molecule has 0 saturated heterocycles. The monoisotopic (exact) mass is 222 g/mol. The summed E-state index contributed by atoms with van der Waals surface area (Å²) in [5.41, 5.74) is 2.41. The Hall–Kier alpha value is -1.42. The maximum Gasteiger partial charge on any atom is 0.165 e. The van der Waals surface area contributed by atoms with Crippen molar-refractivity contribution in [1.82, 2.24) is 4.98 Å². The molecule has 0 spiro atoms. The smallest absolute Gasteiger partial charge is 0.165 e. The van der Waals surface area contributed by atoms with Crippen molar-refractivity contribution in [2.24, 2.45) is 0 Å². The predicted octanol–water partition coefficient (Wildman–Crippen LogP) is 3.20. The van der Waals surface area contributed by atoms with Crippen molar-refractivity contribution in [3.63, 3.8) is 0 Å². The highest BCUT2D eigenvalue weighted by Gasteiger charge is 2.03. The van der Waals surface area contributed by atoms with Crippen molar-refractivity contribution in [3.8, 4) is 0 Å². The van der Waals surface area contributed by atoms with Crippen LogP contribution in [-0.4, -0.2) is 4.98 Å². The Labute approximate surface area is 91.8 Å². The van der Waals surface area contributed by atoms with Gasteiger partial charge in [-0.05, 0) is 40.9 Å². The minimum absolute atomic E-state index is 0.308. The third kappa shape index (κ3) is 2.33. The highest BCUT2D eigenvalue weighted by molar-refractivity contribution is 7.08. The van der Waals surface area contributed by atoms with Gasteiger partial charge in [0.2, 0.25) is 0 Å². The molecule has 2 heterocycles. The maximum atomic E-state index is 13.2. The summed E-state index contributed by atoms with van der Waals surface area (Å²) < 4.78 is 13.2. The molecule has 0 aromatic carbocycles. The van der Waals surface area contributed by atoms with E-state index in [2.05, 4.69) is 21.1 Å². The van der Waals surface area contributed by atoms with Crippen LogP contribution in [0.3, 0.4) is 0 Å². The quantitative estimate of drug-likeness (QED) is 0.862. The van der Waals surface area contributed by atoms with Gasteiger partial charge in [0.25, 0.3) is 0 Å². The number of rotatable bonds is 3. The molecule has 0 aliphatic carbocycles. The first-order valence-electron chi connectivity index (χ1n) is 4.63. The molecule has 78 valence electrons. The lowest BCUT2D eigenvalue weighted by Gasteiger charge is -2.05. The number of hydrogen-bond donors (Lipinski definition) is 1. The molecule has 4 heteroatoms. The molecule has 15 heavy (non-hydrogen) atoms. The van der Waals surface area contributed by atoms with Gasteiger partial charge in [-0.3, -0.25) is 0 Å². The van der Waals surface area contributed by atoms with E-state index in [1.54, 1.807) is 23.6 Å². The van der Waals surface area contributed by atoms with Gasteiger partial charge in [0, 0.05) is 12.7 Å². The molecular formula is C11H11FN2S. The first-order chi connectivity index (χ1) is 7.27. The molecule has 0 fully saturated rings. The van der Waals surface area contributed by atoms with E-state index < -0.39 is 0 Å². The summed E-state index contributed by atoms with van der Waals surface area (Å²) in [6.45, 7) is 2.66. The highest BCUT2D eigenvalue weighted by Crippen LogP contribution is 2.16. The average Bonchev–Trinajstić information content (AvgIpc) is 2.63. The second-order valence-electron chi connectivity index (χ2n) is 3.27. The van der Waals surface area contributed by atoms with Gasteiger partial charge in [0.05, 0.1) is 0 Å². The van der Waals surface area contributed by atoms with Gasteiger partial charge in [0.1, 0.15) is 0 Å². The number of nitrogens with zero attached hydrogens (tertiary/aromatic N) is 1. The first kappa shape index (κ1) is 10.1. The summed E-state index contributed by atoms with van der Waals surface area (Å²) in [5, 5.41) is 7.11. The summed E-state index contributed by atoms with van der Waals surface area (Å²) in [5.74, 6) is -0.00603. The molecule has 2 rings (SSSR count). The van der Waals surface area contributed by atoms with Crippen LogP contribution in [0.5, 0.6) is 0 Å². The van der Waals surface area contributed by atoms with Crippen LogP contribution in [0.2, 0.25) is 0 Å². The minimum atomic E-state index is -0.314. The fourth-order valence-corrected chi connectivity index (χ4v) is 2.12. The Bertz CT molecular complexity index is 453. The number of hydrogen-bond acceptors (Lipinski definition) is 3. The molecule has 2 nitrogen and oxygen atoms in total. The second-order valence-corrected chi connectivity index (χ2v) is 4.01. The lowest BCUT2D eigenvalue weighted by atomic mass is 10.2. The number of halogens is 1. The summed E-state index contributed by atoms with van der Waals surface area (Å²) in [6.07, 6.45) is 1.58. The molecule has 0 bridgehead atoms. The summed E-state index contributed by atoms with van der Waals surface area (Å²) in [6, 6.07) is 2.98. The predicted molar refractivity (Wildman–Crippen MR) is 60.6 cm³/mol. The normalized spacial score (nSPS) is 10.3. The molecular weight excluding hydrogens is 211 g/mol. The number of nitrogens with one attached hydrogen (secondary N) is 1. The van der Waals surface area contributed by atoms with Crippen LogP contribution < -0.4 is 5.32 Å². The van der Waals surface area contributed by atoms with Crippen molar-refractivity contribution in [2.45, 2.75) is 13.5 Å². The Balaban J connectivity index is 2.06. The maximum absolute atomic E-state index is 13.2. The standard InChI is InChI=1S/C11H11FN2S/c1-8-6-15-7-9(8)5-14-11-10(12)3-2-4-13-11/h2-4,6-7H,5H2,1H3,(H,13,14). The molecule has 0 aliphatic rings. The van der Waals surface area contributed by atoms with Crippen molar-refractivity contribution in [2.75, 3.05) is 5.32 Å². The molecule has 0 unspecified atom stereocenters. The van der Waals surface area contributed by atoms with Gasteiger partial charge in [0.15, 0.2) is 11.6 Å². The van der Waals surface area contributed by atoms with Crippen LogP contribution in [0.4, 0.5) is 10.2 Å². The van der Waals surface area contributed by atoms with Crippen molar-refractivity contribution in [3.05, 3.63) is 46.0 Å². The molecule has 2 aromatic heterocycles. The van der Waals surface area contributed by atoms with E-state index in [1.807, 2.05) is 6.92 Å². The number of thiophene rings is 1.